The van der Waals surface area contributed by atoms with E-state index in [1.54, 1.807) is 0 Å². The molecule has 0 aliphatic rings. The molecule has 0 aromatic rings. The molecule has 2 nitrogen and oxygen atoms in total. The number of nitrogens with two attached hydrogens (primary N) is 1. The first-order chi connectivity index (χ1) is 5.89. The molecule has 1 atom stereocenters. The second-order valence-electron chi connectivity index (χ2n) is 5.28. The predicted octanol–water partition coefficient (Wildman–Crippen LogP) is 2.16. The maximum absolute atomic E-state index is 9.29. The molecular formula is C11H25NO. The van der Waals surface area contributed by atoms with Crippen molar-refractivity contribution in [2.24, 2.45) is 16.6 Å². The fourth-order valence-electron chi connectivity index (χ4n) is 1.32. The van der Waals surface area contributed by atoms with Gasteiger partial charge in [0.25, 0.3) is 0 Å². The van der Waals surface area contributed by atoms with Crippen molar-refractivity contribution in [1.82, 2.24) is 0 Å². The van der Waals surface area contributed by atoms with E-state index in [4.69, 9.17) is 5.73 Å². The standard InChI is InChI=1S/C11H25NO/c1-5-11(8-12,9-13)7-6-10(2,3)4/h13H,5-9,12H2,1-4H3. The van der Waals surface area contributed by atoms with E-state index in [-0.39, 0.29) is 12.0 Å². The summed E-state index contributed by atoms with van der Waals surface area (Å²) in [5, 5.41) is 9.29. The Morgan fingerprint density at radius 2 is 1.69 bits per heavy atom. The third-order valence-corrected chi connectivity index (χ3v) is 2.92. The molecule has 0 amide bonds. The second kappa shape index (κ2) is 4.97. The zero-order valence-electron chi connectivity index (χ0n) is 9.56. The quantitative estimate of drug-likeness (QED) is 0.693. The molecule has 0 aliphatic heterocycles. The van der Waals surface area contributed by atoms with Crippen molar-refractivity contribution in [3.05, 3.63) is 0 Å². The Kier molecular flexibility index (Phi) is 4.93. The van der Waals surface area contributed by atoms with Gasteiger partial charge in [0.05, 0.1) is 0 Å². The number of rotatable bonds is 5. The number of hydrogen-bond donors (Lipinski definition) is 2. The van der Waals surface area contributed by atoms with Crippen molar-refractivity contribution in [2.45, 2.75) is 47.0 Å². The van der Waals surface area contributed by atoms with E-state index in [1.807, 2.05) is 0 Å². The Morgan fingerprint density at radius 3 is 1.92 bits per heavy atom. The summed E-state index contributed by atoms with van der Waals surface area (Å²) in [7, 11) is 0. The second-order valence-corrected chi connectivity index (χ2v) is 5.28. The highest BCUT2D eigenvalue weighted by atomic mass is 16.3. The van der Waals surface area contributed by atoms with E-state index in [0.29, 0.717) is 12.0 Å². The van der Waals surface area contributed by atoms with Gasteiger partial charge >= 0.3 is 0 Å². The Morgan fingerprint density at radius 1 is 1.15 bits per heavy atom. The third kappa shape index (κ3) is 4.63. The van der Waals surface area contributed by atoms with Crippen LogP contribution < -0.4 is 5.73 Å². The van der Waals surface area contributed by atoms with Crippen molar-refractivity contribution >= 4 is 0 Å². The summed E-state index contributed by atoms with van der Waals surface area (Å²) in [4.78, 5) is 0. The highest BCUT2D eigenvalue weighted by molar-refractivity contribution is 4.80. The molecule has 0 fully saturated rings. The molecule has 2 heteroatoms. The van der Waals surface area contributed by atoms with E-state index in [2.05, 4.69) is 27.7 Å². The summed E-state index contributed by atoms with van der Waals surface area (Å²) < 4.78 is 0. The topological polar surface area (TPSA) is 46.2 Å². The maximum atomic E-state index is 9.29. The smallest absolute Gasteiger partial charge is 0.0499 e. The van der Waals surface area contributed by atoms with Gasteiger partial charge in [-0.05, 0) is 24.7 Å². The van der Waals surface area contributed by atoms with Crippen molar-refractivity contribution < 1.29 is 5.11 Å². The Bertz CT molecular complexity index is 125. The lowest BCUT2D eigenvalue weighted by Crippen LogP contribution is -2.34. The van der Waals surface area contributed by atoms with Crippen LogP contribution in [0.5, 0.6) is 0 Å². The molecule has 0 rings (SSSR count). The highest BCUT2D eigenvalue weighted by Gasteiger charge is 2.27. The van der Waals surface area contributed by atoms with Crippen molar-refractivity contribution in [3.8, 4) is 0 Å². The lowest BCUT2D eigenvalue weighted by atomic mass is 9.76. The monoisotopic (exact) mass is 187 g/mol. The van der Waals surface area contributed by atoms with Gasteiger partial charge in [-0.3, -0.25) is 0 Å². The average Bonchev–Trinajstić information content (AvgIpc) is 2.06. The molecule has 0 bridgehead atoms. The Labute approximate surface area is 82.5 Å². The lowest BCUT2D eigenvalue weighted by molar-refractivity contribution is 0.103. The van der Waals surface area contributed by atoms with Crippen LogP contribution in [0.3, 0.4) is 0 Å². The number of hydrogen-bond acceptors (Lipinski definition) is 2. The summed E-state index contributed by atoms with van der Waals surface area (Å²) in [5.74, 6) is 0. The normalized spacial score (nSPS) is 17.1. The van der Waals surface area contributed by atoms with E-state index in [0.717, 1.165) is 19.3 Å². The molecule has 80 valence electrons. The average molecular weight is 187 g/mol. The first kappa shape index (κ1) is 12.9. The fraction of sp³-hybridized carbons (Fsp3) is 1.00. The van der Waals surface area contributed by atoms with Crippen LogP contribution in [0.25, 0.3) is 0 Å². The first-order valence-electron chi connectivity index (χ1n) is 5.20. The van der Waals surface area contributed by atoms with Gasteiger partial charge in [-0.2, -0.15) is 0 Å². The molecule has 0 aliphatic carbocycles. The molecular weight excluding hydrogens is 162 g/mol. The zero-order chi connectivity index (χ0) is 10.5. The van der Waals surface area contributed by atoms with Crippen molar-refractivity contribution in [2.75, 3.05) is 13.2 Å². The van der Waals surface area contributed by atoms with Gasteiger partial charge in [0.2, 0.25) is 0 Å². The zero-order valence-corrected chi connectivity index (χ0v) is 9.56. The van der Waals surface area contributed by atoms with Crippen LogP contribution in [0.1, 0.15) is 47.0 Å². The molecule has 1 unspecified atom stereocenters. The minimum absolute atomic E-state index is 0.0344. The molecule has 3 N–H and O–H groups in total. The summed E-state index contributed by atoms with van der Waals surface area (Å²) in [5.41, 5.74) is 6.00. The molecule has 0 aromatic heterocycles. The van der Waals surface area contributed by atoms with Gasteiger partial charge in [0.1, 0.15) is 0 Å². The van der Waals surface area contributed by atoms with Crippen LogP contribution in [-0.4, -0.2) is 18.3 Å². The van der Waals surface area contributed by atoms with E-state index in [1.165, 1.54) is 0 Å². The maximum Gasteiger partial charge on any atom is 0.0499 e. The molecule has 0 aromatic carbocycles. The third-order valence-electron chi connectivity index (χ3n) is 2.92. The van der Waals surface area contributed by atoms with Crippen molar-refractivity contribution in [3.63, 3.8) is 0 Å². The van der Waals surface area contributed by atoms with Gasteiger partial charge in [-0.15, -0.1) is 0 Å². The highest BCUT2D eigenvalue weighted by Crippen LogP contribution is 2.32. The van der Waals surface area contributed by atoms with Crippen LogP contribution in [0, 0.1) is 10.8 Å². The van der Waals surface area contributed by atoms with Crippen LogP contribution in [0.4, 0.5) is 0 Å². The minimum atomic E-state index is -0.0344. The molecule has 0 radical (unpaired) electrons. The van der Waals surface area contributed by atoms with Gasteiger partial charge in [0.15, 0.2) is 0 Å². The van der Waals surface area contributed by atoms with E-state index in [9.17, 15) is 5.11 Å². The fourth-order valence-corrected chi connectivity index (χ4v) is 1.32. The molecule has 0 spiro atoms. The van der Waals surface area contributed by atoms with Crippen LogP contribution in [-0.2, 0) is 0 Å². The van der Waals surface area contributed by atoms with Gasteiger partial charge in [-0.25, -0.2) is 0 Å². The molecule has 0 saturated heterocycles. The van der Waals surface area contributed by atoms with Gasteiger partial charge < -0.3 is 10.8 Å². The van der Waals surface area contributed by atoms with Crippen LogP contribution >= 0.6 is 0 Å². The first-order valence-corrected chi connectivity index (χ1v) is 5.20. The predicted molar refractivity (Wildman–Crippen MR) is 57.6 cm³/mol. The van der Waals surface area contributed by atoms with E-state index >= 15 is 0 Å². The van der Waals surface area contributed by atoms with Crippen LogP contribution in [0.15, 0.2) is 0 Å². The largest absolute Gasteiger partial charge is 0.396 e. The van der Waals surface area contributed by atoms with E-state index < -0.39 is 0 Å². The lowest BCUT2D eigenvalue weighted by Gasteiger charge is -2.32. The van der Waals surface area contributed by atoms with Crippen molar-refractivity contribution in [1.29, 1.82) is 0 Å². The minimum Gasteiger partial charge on any atom is -0.396 e. The number of aliphatic hydroxyl groups excluding tert-OH is 1. The van der Waals surface area contributed by atoms with Gasteiger partial charge in [-0.1, -0.05) is 27.7 Å². The number of aliphatic hydroxyl groups is 1. The Hall–Kier alpha value is -0.0800. The summed E-state index contributed by atoms with van der Waals surface area (Å²) >= 11 is 0. The SMILES string of the molecule is CCC(CN)(CO)CCC(C)(C)C. The molecule has 0 heterocycles. The molecule has 13 heavy (non-hydrogen) atoms. The summed E-state index contributed by atoms with van der Waals surface area (Å²) in [6, 6.07) is 0. The Balaban J connectivity index is 4.11. The van der Waals surface area contributed by atoms with Crippen LogP contribution in [0.2, 0.25) is 0 Å². The summed E-state index contributed by atoms with van der Waals surface area (Å²) in [6.45, 7) is 9.59. The van der Waals surface area contributed by atoms with Gasteiger partial charge in [0, 0.05) is 18.6 Å². The summed E-state index contributed by atoms with van der Waals surface area (Å²) in [6.07, 6.45) is 3.12. The molecule has 0 saturated carbocycles.